The molecule has 1 amide bonds. The van der Waals surface area contributed by atoms with Crippen molar-refractivity contribution in [3.63, 3.8) is 0 Å². The first-order valence-corrected chi connectivity index (χ1v) is 12.5. The number of nitrogens with one attached hydrogen (secondary N) is 1. The number of carbonyl (C=O) groups is 1. The van der Waals surface area contributed by atoms with Crippen molar-refractivity contribution in [2.24, 2.45) is 0 Å². The monoisotopic (exact) mass is 534 g/mol. The Labute approximate surface area is 225 Å². The maximum atomic E-state index is 14.1. The van der Waals surface area contributed by atoms with Gasteiger partial charge in [0.15, 0.2) is 5.75 Å². The molecule has 2 atom stereocenters. The number of rotatable bonds is 5. The minimum Gasteiger partial charge on any atom is -0.493 e. The molecule has 37 heavy (non-hydrogen) atoms. The number of methoxy groups -OCH3 is 1. The van der Waals surface area contributed by atoms with Crippen LogP contribution in [-0.2, 0) is 4.79 Å². The van der Waals surface area contributed by atoms with E-state index in [1.165, 1.54) is 13.3 Å². The third-order valence-electron chi connectivity index (χ3n) is 6.54. The largest absolute Gasteiger partial charge is 0.493 e. The van der Waals surface area contributed by atoms with Gasteiger partial charge in [-0.3, -0.25) is 15.0 Å². The molecule has 1 fully saturated rings. The molecule has 188 valence electrons. The van der Waals surface area contributed by atoms with Crippen LogP contribution >= 0.6 is 23.2 Å². The summed E-state index contributed by atoms with van der Waals surface area (Å²) in [5.41, 5.74) is 4.46. The summed E-state index contributed by atoms with van der Waals surface area (Å²) in [6.07, 6.45) is 0.950. The molecule has 10 heteroatoms. The Kier molecular flexibility index (Phi) is 6.54. The number of hydrogen-bond donors (Lipinski definition) is 1. The fraction of sp³-hybridized carbons (Fsp3) is 0.259. The smallest absolute Gasteiger partial charge is 0.255 e. The van der Waals surface area contributed by atoms with Gasteiger partial charge in [0.05, 0.1) is 30.4 Å². The summed E-state index contributed by atoms with van der Waals surface area (Å²) in [6.45, 7) is 6.03. The molecular weight excluding hydrogens is 511 g/mol. The lowest BCUT2D eigenvalue weighted by atomic mass is 10.1. The van der Waals surface area contributed by atoms with Crippen molar-refractivity contribution in [2.75, 3.05) is 12.0 Å². The second-order valence-electron chi connectivity index (χ2n) is 9.11. The third-order valence-corrected chi connectivity index (χ3v) is 7.02. The number of anilines is 1. The molecule has 2 unspecified atom stereocenters. The van der Waals surface area contributed by atoms with E-state index in [-0.39, 0.29) is 17.8 Å². The summed E-state index contributed by atoms with van der Waals surface area (Å²) < 4.78 is 5.54. The molecule has 0 spiro atoms. The Morgan fingerprint density at radius 2 is 1.84 bits per heavy atom. The molecule has 1 aromatic heterocycles. The van der Waals surface area contributed by atoms with Crippen LogP contribution < -0.4 is 15.0 Å². The number of aromatic nitrogens is 2. The van der Waals surface area contributed by atoms with E-state index >= 15 is 0 Å². The van der Waals surface area contributed by atoms with Gasteiger partial charge in [0.2, 0.25) is 5.82 Å². The van der Waals surface area contributed by atoms with Gasteiger partial charge in [0.1, 0.15) is 24.0 Å². The SMILES string of the molecule is COc1cnc(C#N)nc1C1NC2C(=O)N(c3cc(Cl)ccc3C)C(c3ccc(Cl)cc3)=C2N1C(C)C. The fourth-order valence-corrected chi connectivity index (χ4v) is 5.22. The van der Waals surface area contributed by atoms with E-state index in [2.05, 4.69) is 20.2 Å². The van der Waals surface area contributed by atoms with Crippen LogP contribution in [0.2, 0.25) is 10.0 Å². The summed E-state index contributed by atoms with van der Waals surface area (Å²) in [4.78, 5) is 26.5. The van der Waals surface area contributed by atoms with Gasteiger partial charge in [-0.05, 0) is 50.6 Å². The van der Waals surface area contributed by atoms with Crippen molar-refractivity contribution in [1.82, 2.24) is 20.2 Å². The second kappa shape index (κ2) is 9.67. The molecule has 3 aromatic rings. The number of benzene rings is 2. The molecule has 0 radical (unpaired) electrons. The normalized spacial score (nSPS) is 19.0. The Balaban J connectivity index is 1.76. The quantitative estimate of drug-likeness (QED) is 0.488. The summed E-state index contributed by atoms with van der Waals surface area (Å²) in [7, 11) is 1.52. The van der Waals surface area contributed by atoms with Gasteiger partial charge in [0, 0.05) is 21.7 Å². The first-order valence-electron chi connectivity index (χ1n) is 11.7. The number of carbonyl (C=O) groups excluding carboxylic acids is 1. The van der Waals surface area contributed by atoms with Crippen LogP contribution in [0.15, 0.2) is 54.4 Å². The summed E-state index contributed by atoms with van der Waals surface area (Å²) in [6, 6.07) is 14.2. The molecule has 2 aromatic carbocycles. The van der Waals surface area contributed by atoms with E-state index in [0.29, 0.717) is 27.2 Å². The minimum absolute atomic E-state index is 0.0211. The number of nitrogens with zero attached hydrogens (tertiary/aromatic N) is 5. The number of halogens is 2. The standard InChI is InChI=1S/C27H24Cl2N6O2/c1-14(2)34-25-23(33-26(34)22-20(37-4)13-31-21(12-30)32-22)27(36)35(19-11-18(29)8-5-15(19)3)24(25)16-6-9-17(28)10-7-16/h5-11,13-14,23,26,33H,1-4H3. The Bertz CT molecular complexity index is 1460. The average Bonchev–Trinajstić information content (AvgIpc) is 3.41. The molecule has 1 N–H and O–H groups in total. The van der Waals surface area contributed by atoms with E-state index in [0.717, 1.165) is 22.5 Å². The lowest BCUT2D eigenvalue weighted by Gasteiger charge is -2.33. The maximum Gasteiger partial charge on any atom is 0.255 e. The summed E-state index contributed by atoms with van der Waals surface area (Å²) in [5, 5.41) is 14.0. The summed E-state index contributed by atoms with van der Waals surface area (Å²) >= 11 is 12.6. The van der Waals surface area contributed by atoms with Crippen molar-refractivity contribution < 1.29 is 9.53 Å². The Morgan fingerprint density at radius 1 is 1.14 bits per heavy atom. The van der Waals surface area contributed by atoms with Crippen LogP contribution in [-0.4, -0.2) is 40.0 Å². The number of amides is 1. The van der Waals surface area contributed by atoms with Crippen LogP contribution in [0, 0.1) is 18.3 Å². The predicted molar refractivity (Wildman–Crippen MR) is 142 cm³/mol. The van der Waals surface area contributed by atoms with Gasteiger partial charge < -0.3 is 9.64 Å². The first-order chi connectivity index (χ1) is 17.7. The first kappa shape index (κ1) is 25.0. The zero-order valence-corrected chi connectivity index (χ0v) is 22.2. The molecule has 2 aliphatic heterocycles. The van der Waals surface area contributed by atoms with Crippen molar-refractivity contribution in [3.05, 3.63) is 87.0 Å². The number of nitriles is 1. The fourth-order valence-electron chi connectivity index (χ4n) is 4.93. The van der Waals surface area contributed by atoms with Gasteiger partial charge in [-0.2, -0.15) is 5.26 Å². The number of ether oxygens (including phenoxy) is 1. The van der Waals surface area contributed by atoms with Crippen molar-refractivity contribution in [2.45, 2.75) is 39.0 Å². The molecule has 2 aliphatic rings. The lowest BCUT2D eigenvalue weighted by Crippen LogP contribution is -2.40. The van der Waals surface area contributed by atoms with Crippen molar-refractivity contribution in [1.29, 1.82) is 5.26 Å². The third kappa shape index (κ3) is 4.19. The van der Waals surface area contributed by atoms with E-state index in [4.69, 9.17) is 27.9 Å². The van der Waals surface area contributed by atoms with Gasteiger partial charge in [0.25, 0.3) is 5.91 Å². The molecule has 0 saturated carbocycles. The Hall–Kier alpha value is -3.64. The molecule has 0 aliphatic carbocycles. The zero-order valence-electron chi connectivity index (χ0n) is 20.7. The number of fused-ring (bicyclic) bond motifs is 1. The van der Waals surface area contributed by atoms with Crippen LogP contribution in [0.4, 0.5) is 5.69 Å². The molecule has 3 heterocycles. The van der Waals surface area contributed by atoms with Crippen LogP contribution in [0.3, 0.4) is 0 Å². The highest BCUT2D eigenvalue weighted by Crippen LogP contribution is 2.47. The van der Waals surface area contributed by atoms with Gasteiger partial charge in [-0.1, -0.05) is 41.4 Å². The summed E-state index contributed by atoms with van der Waals surface area (Å²) in [5.74, 6) is 0.297. The lowest BCUT2D eigenvalue weighted by molar-refractivity contribution is -0.118. The second-order valence-corrected chi connectivity index (χ2v) is 9.98. The maximum absolute atomic E-state index is 14.1. The van der Waals surface area contributed by atoms with E-state index < -0.39 is 12.2 Å². The molecule has 8 nitrogen and oxygen atoms in total. The van der Waals surface area contributed by atoms with E-state index in [1.54, 1.807) is 29.2 Å². The van der Waals surface area contributed by atoms with E-state index in [1.807, 2.05) is 45.0 Å². The van der Waals surface area contributed by atoms with Gasteiger partial charge in [-0.15, -0.1) is 0 Å². The topological polar surface area (TPSA) is 94.4 Å². The van der Waals surface area contributed by atoms with Gasteiger partial charge >= 0.3 is 0 Å². The zero-order chi connectivity index (χ0) is 26.4. The highest BCUT2D eigenvalue weighted by Gasteiger charge is 2.52. The van der Waals surface area contributed by atoms with E-state index in [9.17, 15) is 10.1 Å². The van der Waals surface area contributed by atoms with Crippen LogP contribution in [0.5, 0.6) is 5.75 Å². The van der Waals surface area contributed by atoms with Gasteiger partial charge in [-0.25, -0.2) is 9.97 Å². The molecular formula is C27H24Cl2N6O2. The van der Waals surface area contributed by atoms with Crippen LogP contribution in [0.1, 0.15) is 42.7 Å². The number of aryl methyl sites for hydroxylation is 1. The molecule has 0 bridgehead atoms. The van der Waals surface area contributed by atoms with Crippen molar-refractivity contribution in [3.8, 4) is 11.8 Å². The van der Waals surface area contributed by atoms with Crippen LogP contribution in [0.25, 0.3) is 5.70 Å². The van der Waals surface area contributed by atoms with Crippen molar-refractivity contribution >= 4 is 40.5 Å². The average molecular weight is 535 g/mol. The predicted octanol–water partition coefficient (Wildman–Crippen LogP) is 5.07. The molecule has 1 saturated heterocycles. The number of hydrogen-bond acceptors (Lipinski definition) is 7. The minimum atomic E-state index is -0.665. The Morgan fingerprint density at radius 3 is 2.49 bits per heavy atom. The highest BCUT2D eigenvalue weighted by molar-refractivity contribution is 6.31. The molecule has 5 rings (SSSR count). The highest BCUT2D eigenvalue weighted by atomic mass is 35.5.